The average Bonchev–Trinajstić information content (AvgIpc) is 2.91. The zero-order chi connectivity index (χ0) is 16.9. The van der Waals surface area contributed by atoms with Gasteiger partial charge in [-0.05, 0) is 37.3 Å². The largest absolute Gasteiger partial charge is 0.481 e. The topological polar surface area (TPSA) is 75.6 Å². The molecule has 1 aromatic heterocycles. The number of thiophene rings is 1. The Balaban J connectivity index is 2.16. The Labute approximate surface area is 141 Å². The summed E-state index contributed by atoms with van der Waals surface area (Å²) < 4.78 is 5.32. The van der Waals surface area contributed by atoms with Crippen LogP contribution < -0.4 is 5.32 Å². The van der Waals surface area contributed by atoms with Crippen molar-refractivity contribution in [2.24, 2.45) is 0 Å². The summed E-state index contributed by atoms with van der Waals surface area (Å²) in [4.78, 5) is 25.8. The van der Waals surface area contributed by atoms with Gasteiger partial charge in [0.2, 0.25) is 0 Å². The van der Waals surface area contributed by atoms with Crippen LogP contribution in [-0.2, 0) is 22.4 Å². The van der Waals surface area contributed by atoms with Gasteiger partial charge in [0.25, 0.3) is 5.91 Å². The number of carboxylic acids is 1. The lowest BCUT2D eigenvalue weighted by atomic mass is 9.86. The standard InChI is InChI=1S/C17H25NO4S/c1-3-5-13-12(4-2)10-14(23-13)16(21)18-17(11-15(19)20)6-8-22-9-7-17/h10H,3-9,11H2,1-2H3,(H,18,21)(H,19,20). The monoisotopic (exact) mass is 339 g/mol. The normalized spacial score (nSPS) is 17.0. The van der Waals surface area contributed by atoms with Gasteiger partial charge >= 0.3 is 5.97 Å². The van der Waals surface area contributed by atoms with Gasteiger partial charge in [-0.25, -0.2) is 0 Å². The summed E-state index contributed by atoms with van der Waals surface area (Å²) in [6.07, 6.45) is 3.96. The lowest BCUT2D eigenvalue weighted by molar-refractivity contribution is -0.139. The zero-order valence-corrected chi connectivity index (χ0v) is 14.6. The molecule has 0 atom stereocenters. The van der Waals surface area contributed by atoms with E-state index in [-0.39, 0.29) is 12.3 Å². The van der Waals surface area contributed by atoms with E-state index in [1.54, 1.807) is 0 Å². The third kappa shape index (κ3) is 4.54. The summed E-state index contributed by atoms with van der Waals surface area (Å²) in [6, 6.07) is 1.96. The van der Waals surface area contributed by atoms with E-state index in [4.69, 9.17) is 4.74 Å². The lowest BCUT2D eigenvalue weighted by Gasteiger charge is -2.36. The number of amides is 1. The zero-order valence-electron chi connectivity index (χ0n) is 13.8. The fourth-order valence-electron chi connectivity index (χ4n) is 3.02. The van der Waals surface area contributed by atoms with Crippen LogP contribution in [0.4, 0.5) is 0 Å². The maximum Gasteiger partial charge on any atom is 0.305 e. The minimum atomic E-state index is -0.890. The first-order chi connectivity index (χ1) is 11.0. The van der Waals surface area contributed by atoms with Crippen molar-refractivity contribution in [2.75, 3.05) is 13.2 Å². The number of ether oxygens (including phenoxy) is 1. The minimum Gasteiger partial charge on any atom is -0.481 e. The number of rotatable bonds is 7. The molecule has 128 valence electrons. The summed E-state index contributed by atoms with van der Waals surface area (Å²) >= 11 is 1.53. The molecule has 1 aromatic rings. The summed E-state index contributed by atoms with van der Waals surface area (Å²) in [6.45, 7) is 5.19. The second-order valence-electron chi connectivity index (χ2n) is 6.08. The fourth-order valence-corrected chi connectivity index (χ4v) is 4.27. The molecule has 2 heterocycles. The quantitative estimate of drug-likeness (QED) is 0.801. The second-order valence-corrected chi connectivity index (χ2v) is 7.22. The van der Waals surface area contributed by atoms with Gasteiger partial charge in [-0.1, -0.05) is 20.3 Å². The Morgan fingerprint density at radius 3 is 2.61 bits per heavy atom. The molecular formula is C17H25NO4S. The van der Waals surface area contributed by atoms with Crippen molar-refractivity contribution < 1.29 is 19.4 Å². The van der Waals surface area contributed by atoms with Crippen LogP contribution in [0.2, 0.25) is 0 Å². The van der Waals surface area contributed by atoms with Crippen LogP contribution >= 0.6 is 11.3 Å². The minimum absolute atomic E-state index is 0.0596. The number of carboxylic acid groups (broad SMARTS) is 1. The molecule has 0 unspecified atom stereocenters. The third-order valence-corrected chi connectivity index (χ3v) is 5.53. The third-order valence-electron chi connectivity index (χ3n) is 4.30. The first kappa shape index (κ1) is 17.9. The molecule has 1 aliphatic rings. The number of carbonyl (C=O) groups is 2. The SMILES string of the molecule is CCCc1sc(C(=O)NC2(CC(=O)O)CCOCC2)cc1CC. The maximum absolute atomic E-state index is 12.7. The Morgan fingerprint density at radius 2 is 2.04 bits per heavy atom. The van der Waals surface area contributed by atoms with Crippen LogP contribution in [0.25, 0.3) is 0 Å². The number of hydrogen-bond acceptors (Lipinski definition) is 4. The molecule has 1 fully saturated rings. The lowest BCUT2D eigenvalue weighted by Crippen LogP contribution is -2.53. The van der Waals surface area contributed by atoms with Gasteiger partial charge in [-0.3, -0.25) is 9.59 Å². The van der Waals surface area contributed by atoms with Crippen molar-refractivity contribution in [3.05, 3.63) is 21.4 Å². The van der Waals surface area contributed by atoms with Gasteiger partial charge in [-0.2, -0.15) is 0 Å². The summed E-state index contributed by atoms with van der Waals surface area (Å²) in [5.41, 5.74) is 0.531. The smallest absolute Gasteiger partial charge is 0.305 e. The first-order valence-electron chi connectivity index (χ1n) is 8.23. The van der Waals surface area contributed by atoms with Crippen molar-refractivity contribution in [3.63, 3.8) is 0 Å². The van der Waals surface area contributed by atoms with Crippen molar-refractivity contribution >= 4 is 23.2 Å². The van der Waals surface area contributed by atoms with Crippen LogP contribution in [0.3, 0.4) is 0 Å². The molecule has 0 spiro atoms. The van der Waals surface area contributed by atoms with Gasteiger partial charge in [0.15, 0.2) is 0 Å². The Morgan fingerprint density at radius 1 is 1.35 bits per heavy atom. The molecule has 0 bridgehead atoms. The average molecular weight is 339 g/mol. The van der Waals surface area contributed by atoms with Gasteiger partial charge in [0, 0.05) is 18.1 Å². The molecule has 0 radical (unpaired) electrons. The van der Waals surface area contributed by atoms with E-state index in [0.717, 1.165) is 19.3 Å². The Kier molecular flexibility index (Phi) is 6.18. The van der Waals surface area contributed by atoms with E-state index in [9.17, 15) is 14.7 Å². The maximum atomic E-state index is 12.7. The molecular weight excluding hydrogens is 314 g/mol. The molecule has 2 rings (SSSR count). The fraction of sp³-hybridized carbons (Fsp3) is 0.647. The first-order valence-corrected chi connectivity index (χ1v) is 9.05. The molecule has 6 heteroatoms. The van der Waals surface area contributed by atoms with Crippen LogP contribution in [0.5, 0.6) is 0 Å². The van der Waals surface area contributed by atoms with E-state index < -0.39 is 11.5 Å². The summed E-state index contributed by atoms with van der Waals surface area (Å²) in [7, 11) is 0. The van der Waals surface area contributed by atoms with Crippen LogP contribution in [0.1, 0.15) is 59.6 Å². The Bertz CT molecular complexity index is 561. The number of hydrogen-bond donors (Lipinski definition) is 2. The van der Waals surface area contributed by atoms with Crippen LogP contribution in [0, 0.1) is 0 Å². The molecule has 1 amide bonds. The molecule has 2 N–H and O–H groups in total. The predicted molar refractivity (Wildman–Crippen MR) is 90.2 cm³/mol. The van der Waals surface area contributed by atoms with Gasteiger partial charge in [0.1, 0.15) is 0 Å². The van der Waals surface area contributed by atoms with Crippen LogP contribution in [0.15, 0.2) is 6.07 Å². The highest BCUT2D eigenvalue weighted by Gasteiger charge is 2.37. The molecule has 0 saturated carbocycles. The van der Waals surface area contributed by atoms with E-state index in [2.05, 4.69) is 19.2 Å². The Hall–Kier alpha value is -1.40. The molecule has 0 aliphatic carbocycles. The highest BCUT2D eigenvalue weighted by Crippen LogP contribution is 2.28. The summed E-state index contributed by atoms with van der Waals surface area (Å²) in [5, 5.41) is 12.2. The van der Waals surface area contributed by atoms with Crippen molar-refractivity contribution in [3.8, 4) is 0 Å². The molecule has 1 saturated heterocycles. The molecule has 0 aromatic carbocycles. The molecule has 1 aliphatic heterocycles. The second kappa shape index (κ2) is 7.93. The van der Waals surface area contributed by atoms with Crippen molar-refractivity contribution in [2.45, 2.75) is 57.9 Å². The number of aryl methyl sites for hydroxylation is 2. The number of aliphatic carboxylic acids is 1. The van der Waals surface area contributed by atoms with Crippen LogP contribution in [-0.4, -0.2) is 35.7 Å². The van der Waals surface area contributed by atoms with E-state index in [0.29, 0.717) is 30.9 Å². The number of carbonyl (C=O) groups excluding carboxylic acids is 1. The molecule has 5 nitrogen and oxygen atoms in total. The van der Waals surface area contributed by atoms with Crippen molar-refractivity contribution in [1.29, 1.82) is 0 Å². The van der Waals surface area contributed by atoms with E-state index in [1.807, 2.05) is 6.07 Å². The van der Waals surface area contributed by atoms with Gasteiger partial charge in [-0.15, -0.1) is 11.3 Å². The highest BCUT2D eigenvalue weighted by atomic mass is 32.1. The predicted octanol–water partition coefficient (Wildman–Crippen LogP) is 3.02. The van der Waals surface area contributed by atoms with Gasteiger partial charge < -0.3 is 15.2 Å². The van der Waals surface area contributed by atoms with Crippen molar-refractivity contribution in [1.82, 2.24) is 5.32 Å². The van der Waals surface area contributed by atoms with Gasteiger partial charge in [0.05, 0.1) is 16.8 Å². The van der Waals surface area contributed by atoms with E-state index in [1.165, 1.54) is 21.8 Å². The summed E-state index contributed by atoms with van der Waals surface area (Å²) in [5.74, 6) is -1.05. The number of nitrogens with one attached hydrogen (secondary N) is 1. The van der Waals surface area contributed by atoms with E-state index >= 15 is 0 Å². The highest BCUT2D eigenvalue weighted by molar-refractivity contribution is 7.14. The molecule has 23 heavy (non-hydrogen) atoms.